The van der Waals surface area contributed by atoms with E-state index >= 15 is 0 Å². The van der Waals surface area contributed by atoms with E-state index in [-0.39, 0.29) is 6.67 Å². The Morgan fingerprint density at radius 1 is 1.27 bits per heavy atom. The number of benzene rings is 1. The molecule has 3 atom stereocenters. The van der Waals surface area contributed by atoms with Crippen LogP contribution < -0.4 is 5.73 Å². The first-order valence-corrected chi connectivity index (χ1v) is 8.93. The zero-order chi connectivity index (χ0) is 15.2. The third-order valence-corrected chi connectivity index (χ3v) is 6.55. The number of nitrogen functional groups attached to an aromatic ring is 1. The second kappa shape index (κ2) is 5.52. The van der Waals surface area contributed by atoms with Crippen molar-refractivity contribution in [1.82, 2.24) is 4.90 Å². The molecule has 2 bridgehead atoms. The molecule has 2 aliphatic carbocycles. The van der Waals surface area contributed by atoms with Gasteiger partial charge in [0, 0.05) is 23.7 Å². The number of hydrogen-bond acceptors (Lipinski definition) is 2. The highest BCUT2D eigenvalue weighted by Gasteiger charge is 2.53. The quantitative estimate of drug-likeness (QED) is 0.863. The van der Waals surface area contributed by atoms with Gasteiger partial charge in [0.15, 0.2) is 0 Å². The standard InChI is InChI=1S/C19H27FN2/c20-9-3-10-22-11-8-19-7-2-1-4-16(19)18(22)12-14-5-6-15(21)13-17(14)19/h5-6,13,16,18H,1-4,7-12,21H2/t16-,18+,19+/m0/s1. The van der Waals surface area contributed by atoms with E-state index in [2.05, 4.69) is 23.1 Å². The van der Waals surface area contributed by atoms with Gasteiger partial charge in [-0.05, 0) is 67.8 Å². The number of hydrogen-bond donors (Lipinski definition) is 1. The van der Waals surface area contributed by atoms with Gasteiger partial charge in [-0.2, -0.15) is 0 Å². The van der Waals surface area contributed by atoms with E-state index < -0.39 is 0 Å². The summed E-state index contributed by atoms with van der Waals surface area (Å²) in [6, 6.07) is 7.20. The minimum atomic E-state index is -0.188. The number of likely N-dealkylation sites (tertiary alicyclic amines) is 1. The molecule has 0 amide bonds. The van der Waals surface area contributed by atoms with Crippen molar-refractivity contribution in [2.24, 2.45) is 5.92 Å². The van der Waals surface area contributed by atoms with Crippen molar-refractivity contribution in [3.05, 3.63) is 29.3 Å². The van der Waals surface area contributed by atoms with E-state index in [1.165, 1.54) is 37.7 Å². The molecule has 1 aliphatic heterocycles. The Balaban J connectivity index is 1.75. The fourth-order valence-corrected chi connectivity index (χ4v) is 5.64. The van der Waals surface area contributed by atoms with Crippen LogP contribution in [0.25, 0.3) is 0 Å². The number of rotatable bonds is 3. The zero-order valence-electron chi connectivity index (χ0n) is 13.4. The average Bonchev–Trinajstić information content (AvgIpc) is 2.55. The summed E-state index contributed by atoms with van der Waals surface area (Å²) in [6.07, 6.45) is 8.42. The minimum Gasteiger partial charge on any atom is -0.399 e. The largest absolute Gasteiger partial charge is 0.399 e. The maximum atomic E-state index is 12.6. The lowest BCUT2D eigenvalue weighted by Gasteiger charge is -2.59. The molecule has 120 valence electrons. The lowest BCUT2D eigenvalue weighted by molar-refractivity contribution is -0.0122. The Morgan fingerprint density at radius 3 is 3.05 bits per heavy atom. The summed E-state index contributed by atoms with van der Waals surface area (Å²) < 4.78 is 12.6. The van der Waals surface area contributed by atoms with Crippen molar-refractivity contribution in [3.63, 3.8) is 0 Å². The summed E-state index contributed by atoms with van der Waals surface area (Å²) in [4.78, 5) is 2.59. The van der Waals surface area contributed by atoms with Crippen molar-refractivity contribution in [2.75, 3.05) is 25.5 Å². The van der Waals surface area contributed by atoms with Gasteiger partial charge < -0.3 is 5.73 Å². The van der Waals surface area contributed by atoms with E-state index in [0.717, 1.165) is 31.1 Å². The summed E-state index contributed by atoms with van der Waals surface area (Å²) in [5.74, 6) is 0.754. The zero-order valence-corrected chi connectivity index (χ0v) is 13.4. The van der Waals surface area contributed by atoms with Crippen LogP contribution in [0.1, 0.15) is 49.7 Å². The third-order valence-electron chi connectivity index (χ3n) is 6.55. The molecule has 0 unspecified atom stereocenters. The summed E-state index contributed by atoms with van der Waals surface area (Å²) in [6.45, 7) is 1.87. The lowest BCUT2D eigenvalue weighted by Crippen LogP contribution is -2.61. The molecule has 1 saturated heterocycles. The normalized spacial score (nSPS) is 34.0. The Hall–Kier alpha value is -1.09. The van der Waals surface area contributed by atoms with Gasteiger partial charge >= 0.3 is 0 Å². The average molecular weight is 302 g/mol. The Bertz CT molecular complexity index is 558. The molecule has 0 aromatic heterocycles. The first-order chi connectivity index (χ1) is 10.7. The number of anilines is 1. The Labute approximate surface area is 132 Å². The molecular formula is C19H27FN2. The van der Waals surface area contributed by atoms with E-state index in [4.69, 9.17) is 5.73 Å². The number of piperidine rings is 1. The van der Waals surface area contributed by atoms with Crippen LogP contribution in [0, 0.1) is 5.92 Å². The molecule has 1 heterocycles. The predicted octanol–water partition coefficient (Wildman–Crippen LogP) is 3.69. The summed E-state index contributed by atoms with van der Waals surface area (Å²) >= 11 is 0. The van der Waals surface area contributed by atoms with Gasteiger partial charge in [0.1, 0.15) is 0 Å². The van der Waals surface area contributed by atoms with Crippen LogP contribution in [0.3, 0.4) is 0 Å². The number of fused-ring (bicyclic) bond motifs is 1. The van der Waals surface area contributed by atoms with Crippen molar-refractivity contribution >= 4 is 5.69 Å². The van der Waals surface area contributed by atoms with Gasteiger partial charge in [0.25, 0.3) is 0 Å². The van der Waals surface area contributed by atoms with Crippen LogP contribution in [0.2, 0.25) is 0 Å². The number of nitrogens with zero attached hydrogens (tertiary/aromatic N) is 1. The fourth-order valence-electron chi connectivity index (χ4n) is 5.64. The molecule has 4 rings (SSSR count). The summed E-state index contributed by atoms with van der Waals surface area (Å²) in [7, 11) is 0. The van der Waals surface area contributed by atoms with Gasteiger partial charge in [0.2, 0.25) is 0 Å². The Morgan fingerprint density at radius 2 is 2.18 bits per heavy atom. The third kappa shape index (κ3) is 2.09. The van der Waals surface area contributed by atoms with Crippen molar-refractivity contribution in [2.45, 2.75) is 56.4 Å². The monoisotopic (exact) mass is 302 g/mol. The first-order valence-electron chi connectivity index (χ1n) is 8.93. The highest BCUT2D eigenvalue weighted by molar-refractivity contribution is 5.51. The maximum absolute atomic E-state index is 12.6. The number of nitrogens with two attached hydrogens (primary N) is 1. The van der Waals surface area contributed by atoms with Gasteiger partial charge in [-0.25, -0.2) is 0 Å². The second-order valence-corrected chi connectivity index (χ2v) is 7.52. The fraction of sp³-hybridized carbons (Fsp3) is 0.684. The molecule has 3 aliphatic rings. The smallest absolute Gasteiger partial charge is 0.0906 e. The minimum absolute atomic E-state index is 0.188. The van der Waals surface area contributed by atoms with Gasteiger partial charge in [-0.1, -0.05) is 18.9 Å². The van der Waals surface area contributed by atoms with Crippen LogP contribution in [-0.4, -0.2) is 30.7 Å². The summed E-state index contributed by atoms with van der Waals surface area (Å²) in [5.41, 5.74) is 10.4. The van der Waals surface area contributed by atoms with Crippen molar-refractivity contribution in [1.29, 1.82) is 0 Å². The molecule has 3 heteroatoms. The van der Waals surface area contributed by atoms with E-state index in [1.807, 2.05) is 0 Å². The lowest BCUT2D eigenvalue weighted by atomic mass is 9.52. The SMILES string of the molecule is Nc1ccc2c(c1)[C@@]13CCCC[C@H]1[C@@H](C2)N(CCCF)CC3. The van der Waals surface area contributed by atoms with Crippen LogP contribution in [0.4, 0.5) is 10.1 Å². The molecular weight excluding hydrogens is 275 g/mol. The Kier molecular flexibility index (Phi) is 3.64. The van der Waals surface area contributed by atoms with E-state index in [1.54, 1.807) is 5.56 Å². The van der Waals surface area contributed by atoms with Gasteiger partial charge in [0.05, 0.1) is 6.67 Å². The number of halogens is 1. The molecule has 22 heavy (non-hydrogen) atoms. The van der Waals surface area contributed by atoms with Crippen molar-refractivity contribution < 1.29 is 4.39 Å². The highest BCUT2D eigenvalue weighted by Crippen LogP contribution is 2.55. The van der Waals surface area contributed by atoms with Crippen LogP contribution in [-0.2, 0) is 11.8 Å². The van der Waals surface area contributed by atoms with Crippen LogP contribution in [0.5, 0.6) is 0 Å². The molecule has 2 nitrogen and oxygen atoms in total. The molecule has 0 spiro atoms. The summed E-state index contributed by atoms with van der Waals surface area (Å²) in [5, 5.41) is 0. The van der Waals surface area contributed by atoms with Crippen molar-refractivity contribution in [3.8, 4) is 0 Å². The molecule has 2 fully saturated rings. The number of alkyl halides is 1. The van der Waals surface area contributed by atoms with Crippen LogP contribution in [0.15, 0.2) is 18.2 Å². The van der Waals surface area contributed by atoms with Gasteiger partial charge in [-0.15, -0.1) is 0 Å². The van der Waals surface area contributed by atoms with Gasteiger partial charge in [-0.3, -0.25) is 9.29 Å². The molecule has 1 aromatic carbocycles. The molecule has 1 saturated carbocycles. The first kappa shape index (κ1) is 14.5. The highest BCUT2D eigenvalue weighted by atomic mass is 19.1. The molecule has 1 aromatic rings. The van der Waals surface area contributed by atoms with Crippen LogP contribution >= 0.6 is 0 Å². The topological polar surface area (TPSA) is 29.3 Å². The maximum Gasteiger partial charge on any atom is 0.0906 e. The van der Waals surface area contributed by atoms with E-state index in [0.29, 0.717) is 17.9 Å². The molecule has 0 radical (unpaired) electrons. The molecule has 2 N–H and O–H groups in total. The van der Waals surface area contributed by atoms with E-state index in [9.17, 15) is 4.39 Å². The predicted molar refractivity (Wildman–Crippen MR) is 88.8 cm³/mol. The second-order valence-electron chi connectivity index (χ2n) is 7.52.